The maximum atomic E-state index is 9.50. The fraction of sp³-hybridized carbons (Fsp3) is 0.375. The third-order valence-corrected chi connectivity index (χ3v) is 4.00. The van der Waals surface area contributed by atoms with Crippen molar-refractivity contribution >= 4 is 28.6 Å². The maximum Gasteiger partial charge on any atom is 0.227 e. The number of H-pyrrole nitrogens is 1. The Morgan fingerprint density at radius 3 is 2.72 bits per heavy atom. The number of aliphatic hydroxyl groups is 1. The van der Waals surface area contributed by atoms with Gasteiger partial charge in [0.2, 0.25) is 11.6 Å². The lowest BCUT2D eigenvalue weighted by molar-refractivity contribution is 0.248. The van der Waals surface area contributed by atoms with Crippen molar-refractivity contribution in [3.63, 3.8) is 0 Å². The number of nitrogens with one attached hydrogen (secondary N) is 3. The lowest BCUT2D eigenvalue weighted by Gasteiger charge is -2.20. The molecule has 3 aromatic rings. The van der Waals surface area contributed by atoms with E-state index < -0.39 is 0 Å². The van der Waals surface area contributed by atoms with Gasteiger partial charge in [0.15, 0.2) is 11.3 Å². The van der Waals surface area contributed by atoms with E-state index in [2.05, 4.69) is 36.0 Å². The summed E-state index contributed by atoms with van der Waals surface area (Å²) in [4.78, 5) is 8.82. The summed E-state index contributed by atoms with van der Waals surface area (Å²) in [5.74, 6) is 1.16. The summed E-state index contributed by atoms with van der Waals surface area (Å²) in [7, 11) is 0. The number of aromatic amines is 1. The molecule has 2 heterocycles. The van der Waals surface area contributed by atoms with Crippen LogP contribution in [-0.2, 0) is 6.54 Å². The number of nitrogens with two attached hydrogens (primary N) is 1. The standard InChI is InChI=1S/C16H22N8O/c1-9(2)12(8-25)19-16-20-14(13-15(21-16)23-24-22-13)18-7-10-5-3-4-6-11(10)17/h3-6,9,12,25H,7-8,17H2,1-2H3,(H3,18,19,20,21,22,23,24)/t12-/m0/s1. The summed E-state index contributed by atoms with van der Waals surface area (Å²) < 4.78 is 0. The molecule has 0 unspecified atom stereocenters. The molecule has 25 heavy (non-hydrogen) atoms. The second-order valence-electron chi connectivity index (χ2n) is 6.12. The molecule has 1 atom stereocenters. The molecule has 6 N–H and O–H groups in total. The number of aliphatic hydroxyl groups excluding tert-OH is 1. The quantitative estimate of drug-likeness (QED) is 0.406. The van der Waals surface area contributed by atoms with Crippen LogP contribution >= 0.6 is 0 Å². The van der Waals surface area contributed by atoms with E-state index in [-0.39, 0.29) is 18.6 Å². The van der Waals surface area contributed by atoms with Gasteiger partial charge >= 0.3 is 0 Å². The molecule has 3 rings (SSSR count). The van der Waals surface area contributed by atoms with Gasteiger partial charge in [0.25, 0.3) is 0 Å². The molecule has 0 fully saturated rings. The zero-order valence-corrected chi connectivity index (χ0v) is 14.2. The molecule has 0 aliphatic heterocycles. The second-order valence-corrected chi connectivity index (χ2v) is 6.12. The summed E-state index contributed by atoms with van der Waals surface area (Å²) >= 11 is 0. The van der Waals surface area contributed by atoms with Gasteiger partial charge < -0.3 is 21.5 Å². The zero-order chi connectivity index (χ0) is 17.8. The number of para-hydroxylation sites is 1. The first-order chi connectivity index (χ1) is 12.1. The first kappa shape index (κ1) is 16.9. The first-order valence-electron chi connectivity index (χ1n) is 8.11. The van der Waals surface area contributed by atoms with E-state index >= 15 is 0 Å². The Balaban J connectivity index is 1.86. The van der Waals surface area contributed by atoms with Crippen LogP contribution in [0.4, 0.5) is 17.5 Å². The van der Waals surface area contributed by atoms with Crippen molar-refractivity contribution in [2.45, 2.75) is 26.4 Å². The van der Waals surface area contributed by atoms with E-state index in [1.807, 2.05) is 38.1 Å². The minimum absolute atomic E-state index is 0.0127. The highest BCUT2D eigenvalue weighted by Crippen LogP contribution is 2.21. The third kappa shape index (κ3) is 3.77. The molecule has 0 radical (unpaired) electrons. The minimum atomic E-state index is -0.151. The lowest BCUT2D eigenvalue weighted by Crippen LogP contribution is -2.30. The summed E-state index contributed by atoms with van der Waals surface area (Å²) in [6.07, 6.45) is 0. The Kier molecular flexibility index (Phi) is 4.94. The number of anilines is 3. The van der Waals surface area contributed by atoms with Crippen molar-refractivity contribution in [2.75, 3.05) is 23.0 Å². The molecule has 1 aromatic carbocycles. The molecule has 2 aromatic heterocycles. The Labute approximate surface area is 145 Å². The maximum absolute atomic E-state index is 9.50. The third-order valence-electron chi connectivity index (χ3n) is 4.00. The van der Waals surface area contributed by atoms with Crippen LogP contribution in [0.3, 0.4) is 0 Å². The van der Waals surface area contributed by atoms with Crippen LogP contribution < -0.4 is 16.4 Å². The van der Waals surface area contributed by atoms with Crippen LogP contribution in [0.5, 0.6) is 0 Å². The van der Waals surface area contributed by atoms with E-state index in [9.17, 15) is 5.11 Å². The highest BCUT2D eigenvalue weighted by molar-refractivity contribution is 5.83. The van der Waals surface area contributed by atoms with Gasteiger partial charge in [-0.05, 0) is 17.5 Å². The lowest BCUT2D eigenvalue weighted by atomic mass is 10.1. The van der Waals surface area contributed by atoms with Crippen LogP contribution in [0, 0.1) is 5.92 Å². The molecule has 9 heteroatoms. The normalized spacial score (nSPS) is 12.5. The van der Waals surface area contributed by atoms with Crippen LogP contribution in [0.2, 0.25) is 0 Å². The highest BCUT2D eigenvalue weighted by atomic mass is 16.3. The van der Waals surface area contributed by atoms with Crippen molar-refractivity contribution in [1.82, 2.24) is 25.4 Å². The fourth-order valence-electron chi connectivity index (χ4n) is 2.40. The molecule has 132 valence electrons. The average molecular weight is 342 g/mol. The molecule has 0 saturated heterocycles. The van der Waals surface area contributed by atoms with Crippen LogP contribution in [0.15, 0.2) is 24.3 Å². The summed E-state index contributed by atoms with van der Waals surface area (Å²) in [6.45, 7) is 4.51. The molecular weight excluding hydrogens is 320 g/mol. The summed E-state index contributed by atoms with van der Waals surface area (Å²) in [5, 5.41) is 26.6. The molecule has 0 aliphatic carbocycles. The van der Waals surface area contributed by atoms with Gasteiger partial charge in [-0.25, -0.2) is 0 Å². The number of benzene rings is 1. The second kappa shape index (κ2) is 7.31. The van der Waals surface area contributed by atoms with Gasteiger partial charge in [0, 0.05) is 12.2 Å². The van der Waals surface area contributed by atoms with Crippen molar-refractivity contribution in [2.24, 2.45) is 5.92 Å². The SMILES string of the molecule is CC(C)[C@H](CO)Nc1nc(NCc2ccccc2N)c2n[nH]nc2n1. The van der Waals surface area contributed by atoms with E-state index in [1.165, 1.54) is 0 Å². The Morgan fingerprint density at radius 2 is 2.00 bits per heavy atom. The van der Waals surface area contributed by atoms with Crippen molar-refractivity contribution in [3.8, 4) is 0 Å². The number of aromatic nitrogens is 5. The number of nitrogens with zero attached hydrogens (tertiary/aromatic N) is 4. The number of hydrogen-bond donors (Lipinski definition) is 5. The molecule has 0 spiro atoms. The number of hydrogen-bond acceptors (Lipinski definition) is 8. The van der Waals surface area contributed by atoms with Crippen LogP contribution in [-0.4, -0.2) is 43.1 Å². The fourth-order valence-corrected chi connectivity index (χ4v) is 2.40. The molecule has 0 bridgehead atoms. The van der Waals surface area contributed by atoms with E-state index in [1.54, 1.807) is 0 Å². The number of rotatable bonds is 7. The topological polar surface area (TPSA) is 138 Å². The van der Waals surface area contributed by atoms with E-state index in [0.29, 0.717) is 35.2 Å². The van der Waals surface area contributed by atoms with E-state index in [4.69, 9.17) is 5.73 Å². The Hall–Kier alpha value is -2.94. The summed E-state index contributed by atoms with van der Waals surface area (Å²) in [6, 6.07) is 7.47. The molecule has 0 saturated carbocycles. The number of nitrogen functional groups attached to an aromatic ring is 1. The smallest absolute Gasteiger partial charge is 0.227 e. The van der Waals surface area contributed by atoms with Gasteiger partial charge in [-0.1, -0.05) is 32.0 Å². The largest absolute Gasteiger partial charge is 0.398 e. The zero-order valence-electron chi connectivity index (χ0n) is 14.2. The minimum Gasteiger partial charge on any atom is -0.398 e. The Morgan fingerprint density at radius 1 is 1.20 bits per heavy atom. The van der Waals surface area contributed by atoms with Gasteiger partial charge in [-0.15, -0.1) is 5.10 Å². The average Bonchev–Trinajstić information content (AvgIpc) is 3.07. The van der Waals surface area contributed by atoms with Gasteiger partial charge in [-0.2, -0.15) is 20.3 Å². The molecule has 0 amide bonds. The predicted octanol–water partition coefficient (Wildman–Crippen LogP) is 1.37. The number of fused-ring (bicyclic) bond motifs is 1. The predicted molar refractivity (Wildman–Crippen MR) is 97.0 cm³/mol. The molecule has 0 aliphatic rings. The summed E-state index contributed by atoms with van der Waals surface area (Å²) in [5.41, 5.74) is 8.64. The van der Waals surface area contributed by atoms with Gasteiger partial charge in [0.05, 0.1) is 12.6 Å². The van der Waals surface area contributed by atoms with Crippen LogP contribution in [0.25, 0.3) is 11.2 Å². The molecular formula is C16H22N8O. The monoisotopic (exact) mass is 342 g/mol. The van der Waals surface area contributed by atoms with Crippen molar-refractivity contribution in [1.29, 1.82) is 0 Å². The Bertz CT molecular complexity index is 847. The van der Waals surface area contributed by atoms with Gasteiger partial charge in [-0.3, -0.25) is 0 Å². The van der Waals surface area contributed by atoms with Crippen molar-refractivity contribution < 1.29 is 5.11 Å². The van der Waals surface area contributed by atoms with Crippen LogP contribution in [0.1, 0.15) is 19.4 Å². The molecule has 9 nitrogen and oxygen atoms in total. The van der Waals surface area contributed by atoms with Gasteiger partial charge in [0.1, 0.15) is 0 Å². The van der Waals surface area contributed by atoms with E-state index in [0.717, 1.165) is 5.56 Å². The van der Waals surface area contributed by atoms with Crippen molar-refractivity contribution in [3.05, 3.63) is 29.8 Å². The highest BCUT2D eigenvalue weighted by Gasteiger charge is 2.16. The first-order valence-corrected chi connectivity index (χ1v) is 8.11.